The van der Waals surface area contributed by atoms with Crippen LogP contribution in [-0.2, 0) is 6.54 Å². The van der Waals surface area contributed by atoms with Gasteiger partial charge >= 0.3 is 0 Å². The summed E-state index contributed by atoms with van der Waals surface area (Å²) < 4.78 is 12.8. The fourth-order valence-electron chi connectivity index (χ4n) is 2.72. The second kappa shape index (κ2) is 6.46. The van der Waals surface area contributed by atoms with Crippen LogP contribution in [0.25, 0.3) is 11.0 Å². The predicted molar refractivity (Wildman–Crippen MR) is 89.9 cm³/mol. The Hall–Kier alpha value is -3.27. The second-order valence-corrected chi connectivity index (χ2v) is 5.27. The molecule has 0 aliphatic heterocycles. The number of nitriles is 1. The van der Waals surface area contributed by atoms with E-state index >= 15 is 0 Å². The average Bonchev–Trinajstić information content (AvgIpc) is 2.96. The van der Waals surface area contributed by atoms with Crippen LogP contribution < -0.4 is 15.2 Å². The third-order valence-corrected chi connectivity index (χ3v) is 3.70. The maximum absolute atomic E-state index is 8.65. The minimum Gasteiger partial charge on any atom is -0.496 e. The number of benzene rings is 1. The predicted octanol–water partition coefficient (Wildman–Crippen LogP) is 2.28. The van der Waals surface area contributed by atoms with Crippen LogP contribution in [0.4, 0.5) is 5.95 Å². The van der Waals surface area contributed by atoms with E-state index in [4.69, 9.17) is 20.5 Å². The van der Waals surface area contributed by atoms with Crippen LogP contribution >= 0.6 is 0 Å². The zero-order valence-corrected chi connectivity index (χ0v) is 13.5. The Kier molecular flexibility index (Phi) is 4.20. The van der Waals surface area contributed by atoms with Crippen molar-refractivity contribution >= 4 is 17.0 Å². The van der Waals surface area contributed by atoms with E-state index in [0.717, 1.165) is 28.0 Å². The van der Waals surface area contributed by atoms with E-state index in [1.165, 1.54) is 0 Å². The van der Waals surface area contributed by atoms with Gasteiger partial charge in [-0.25, -0.2) is 9.97 Å². The third-order valence-electron chi connectivity index (χ3n) is 3.70. The summed E-state index contributed by atoms with van der Waals surface area (Å²) >= 11 is 0. The summed E-state index contributed by atoms with van der Waals surface area (Å²) in [6, 6.07) is 9.34. The van der Waals surface area contributed by atoms with E-state index in [9.17, 15) is 0 Å². The summed E-state index contributed by atoms with van der Waals surface area (Å²) in [5.41, 5.74) is 9.18. The molecule has 0 amide bonds. The van der Waals surface area contributed by atoms with Crippen molar-refractivity contribution in [2.24, 2.45) is 0 Å². The minimum atomic E-state index is 0.00441. The molecule has 0 atom stereocenters. The van der Waals surface area contributed by atoms with Crippen LogP contribution in [0.3, 0.4) is 0 Å². The van der Waals surface area contributed by atoms with E-state index in [-0.39, 0.29) is 12.6 Å². The van der Waals surface area contributed by atoms with E-state index < -0.39 is 0 Å². The molecule has 0 saturated heterocycles. The SMILES string of the molecule is COc1ccc(OCC#N)cc1Cn1ccc2nc(N)nc(C)c21. The van der Waals surface area contributed by atoms with Crippen molar-refractivity contribution in [2.75, 3.05) is 19.5 Å². The van der Waals surface area contributed by atoms with Gasteiger partial charge in [0.05, 0.1) is 30.4 Å². The quantitative estimate of drug-likeness (QED) is 0.773. The minimum absolute atomic E-state index is 0.00441. The van der Waals surface area contributed by atoms with Crippen molar-refractivity contribution < 1.29 is 9.47 Å². The van der Waals surface area contributed by atoms with Gasteiger partial charge in [-0.3, -0.25) is 0 Å². The van der Waals surface area contributed by atoms with Gasteiger partial charge in [-0.2, -0.15) is 5.26 Å². The number of hydrogen-bond acceptors (Lipinski definition) is 6. The van der Waals surface area contributed by atoms with Crippen molar-refractivity contribution in [1.82, 2.24) is 14.5 Å². The zero-order chi connectivity index (χ0) is 17.1. The summed E-state index contributed by atoms with van der Waals surface area (Å²) in [4.78, 5) is 8.48. The summed E-state index contributed by atoms with van der Waals surface area (Å²) in [5.74, 6) is 1.64. The van der Waals surface area contributed by atoms with Crippen LogP contribution in [0.15, 0.2) is 30.5 Å². The average molecular weight is 323 g/mol. The van der Waals surface area contributed by atoms with Gasteiger partial charge in [-0.15, -0.1) is 0 Å². The number of nitrogen functional groups attached to an aromatic ring is 1. The lowest BCUT2D eigenvalue weighted by Crippen LogP contribution is -2.04. The van der Waals surface area contributed by atoms with Gasteiger partial charge in [0.25, 0.3) is 0 Å². The first-order valence-electron chi connectivity index (χ1n) is 7.38. The maximum atomic E-state index is 8.65. The van der Waals surface area contributed by atoms with Gasteiger partial charge in [0.15, 0.2) is 6.61 Å². The Morgan fingerprint density at radius 2 is 2.12 bits per heavy atom. The van der Waals surface area contributed by atoms with Crippen LogP contribution in [0.5, 0.6) is 11.5 Å². The Morgan fingerprint density at radius 3 is 2.88 bits per heavy atom. The number of anilines is 1. The van der Waals surface area contributed by atoms with Crippen molar-refractivity contribution in [3.05, 3.63) is 41.7 Å². The number of aryl methyl sites for hydroxylation is 1. The molecule has 2 N–H and O–H groups in total. The Labute approximate surface area is 139 Å². The lowest BCUT2D eigenvalue weighted by molar-refractivity contribution is 0.364. The van der Waals surface area contributed by atoms with Crippen molar-refractivity contribution in [3.8, 4) is 17.6 Å². The number of methoxy groups -OCH3 is 1. The Morgan fingerprint density at radius 1 is 1.29 bits per heavy atom. The van der Waals surface area contributed by atoms with Gasteiger partial charge in [0.2, 0.25) is 5.95 Å². The number of aromatic nitrogens is 3. The molecule has 0 radical (unpaired) electrons. The molecule has 7 nitrogen and oxygen atoms in total. The molecule has 2 heterocycles. The molecule has 2 aromatic heterocycles. The summed E-state index contributed by atoms with van der Waals surface area (Å²) in [5, 5.41) is 8.65. The first-order chi connectivity index (χ1) is 11.6. The summed E-state index contributed by atoms with van der Waals surface area (Å²) in [6.45, 7) is 2.47. The number of nitrogens with zero attached hydrogens (tertiary/aromatic N) is 4. The first-order valence-corrected chi connectivity index (χ1v) is 7.38. The molecule has 0 unspecified atom stereocenters. The topological polar surface area (TPSA) is 99.0 Å². The second-order valence-electron chi connectivity index (χ2n) is 5.27. The lowest BCUT2D eigenvalue weighted by Gasteiger charge is -2.13. The molecule has 0 aliphatic carbocycles. The summed E-state index contributed by atoms with van der Waals surface area (Å²) in [6.07, 6.45) is 1.94. The summed E-state index contributed by atoms with van der Waals surface area (Å²) in [7, 11) is 1.62. The van der Waals surface area contributed by atoms with E-state index in [1.54, 1.807) is 13.2 Å². The molecule has 7 heteroatoms. The number of ether oxygens (including phenoxy) is 2. The van der Waals surface area contributed by atoms with Crippen LogP contribution in [0.2, 0.25) is 0 Å². The van der Waals surface area contributed by atoms with E-state index in [1.807, 2.05) is 42.0 Å². The van der Waals surface area contributed by atoms with Gasteiger partial charge in [0.1, 0.15) is 17.6 Å². The molecule has 0 saturated carbocycles. The smallest absolute Gasteiger partial charge is 0.220 e. The van der Waals surface area contributed by atoms with Gasteiger partial charge in [0, 0.05) is 11.8 Å². The van der Waals surface area contributed by atoms with Gasteiger partial charge < -0.3 is 19.8 Å². The number of rotatable bonds is 5. The largest absolute Gasteiger partial charge is 0.496 e. The Bertz CT molecular complexity index is 927. The van der Waals surface area contributed by atoms with Gasteiger partial charge in [-0.05, 0) is 31.2 Å². The normalized spacial score (nSPS) is 10.5. The zero-order valence-electron chi connectivity index (χ0n) is 13.5. The first kappa shape index (κ1) is 15.6. The molecule has 0 aliphatic rings. The molecule has 3 aromatic rings. The molecular weight excluding hydrogens is 306 g/mol. The van der Waals surface area contributed by atoms with Crippen molar-refractivity contribution in [2.45, 2.75) is 13.5 Å². The standard InChI is InChI=1S/C17H17N5O2/c1-11-16-14(21-17(19)20-11)5-7-22(16)10-12-9-13(24-8-6-18)3-4-15(12)23-2/h3-5,7,9H,8,10H2,1-2H3,(H2,19,20,21). The molecule has 3 rings (SSSR count). The highest BCUT2D eigenvalue weighted by Crippen LogP contribution is 2.27. The highest BCUT2D eigenvalue weighted by Gasteiger charge is 2.11. The maximum Gasteiger partial charge on any atom is 0.220 e. The number of fused-ring (bicyclic) bond motifs is 1. The molecule has 24 heavy (non-hydrogen) atoms. The fourth-order valence-corrected chi connectivity index (χ4v) is 2.72. The highest BCUT2D eigenvalue weighted by atomic mass is 16.5. The molecule has 0 bridgehead atoms. The van der Waals surface area contributed by atoms with Crippen molar-refractivity contribution in [1.29, 1.82) is 5.26 Å². The lowest BCUT2D eigenvalue weighted by atomic mass is 10.2. The third kappa shape index (κ3) is 2.94. The van der Waals surface area contributed by atoms with Crippen LogP contribution in [0.1, 0.15) is 11.3 Å². The van der Waals surface area contributed by atoms with Crippen LogP contribution in [0, 0.1) is 18.3 Å². The Balaban J connectivity index is 2.00. The highest BCUT2D eigenvalue weighted by molar-refractivity contribution is 5.79. The van der Waals surface area contributed by atoms with E-state index in [2.05, 4.69) is 9.97 Å². The van der Waals surface area contributed by atoms with Gasteiger partial charge in [-0.1, -0.05) is 0 Å². The monoisotopic (exact) mass is 323 g/mol. The molecule has 0 fully saturated rings. The molecule has 0 spiro atoms. The van der Waals surface area contributed by atoms with E-state index in [0.29, 0.717) is 12.3 Å². The number of nitrogens with two attached hydrogens (primary N) is 1. The van der Waals surface area contributed by atoms with Crippen molar-refractivity contribution in [3.63, 3.8) is 0 Å². The molecular formula is C17H17N5O2. The number of hydrogen-bond donors (Lipinski definition) is 1. The van der Waals surface area contributed by atoms with Crippen LogP contribution in [-0.4, -0.2) is 28.3 Å². The fraction of sp³-hybridized carbons (Fsp3) is 0.235. The molecule has 1 aromatic carbocycles. The molecule has 122 valence electrons.